The van der Waals surface area contributed by atoms with Gasteiger partial charge in [-0.2, -0.15) is 5.10 Å². The van der Waals surface area contributed by atoms with Crippen molar-refractivity contribution in [3.05, 3.63) is 100 Å². The fourth-order valence-corrected chi connectivity index (χ4v) is 2.54. The van der Waals surface area contributed by atoms with E-state index in [2.05, 4.69) is 31.8 Å². The summed E-state index contributed by atoms with van der Waals surface area (Å²) in [5.74, 6) is -0.542. The minimum Gasteiger partial charge on any atom is -0.322 e. The minimum atomic E-state index is -0.326. The van der Waals surface area contributed by atoms with E-state index >= 15 is 0 Å². The first-order chi connectivity index (χ1) is 13.1. The number of amides is 2. The van der Waals surface area contributed by atoms with E-state index in [1.54, 1.807) is 54.7 Å². The van der Waals surface area contributed by atoms with Crippen molar-refractivity contribution < 1.29 is 9.59 Å². The summed E-state index contributed by atoms with van der Waals surface area (Å²) >= 11 is 3.33. The van der Waals surface area contributed by atoms with Crippen molar-refractivity contribution in [3.8, 4) is 0 Å². The molecule has 5 nitrogen and oxygen atoms in total. The first-order valence-corrected chi connectivity index (χ1v) is 8.96. The van der Waals surface area contributed by atoms with E-state index in [1.807, 2.05) is 30.3 Å². The molecule has 2 N–H and O–H groups in total. The van der Waals surface area contributed by atoms with Gasteiger partial charge in [0.1, 0.15) is 0 Å². The Morgan fingerprint density at radius 1 is 0.778 bits per heavy atom. The predicted octanol–water partition coefficient (Wildman–Crippen LogP) is 4.47. The van der Waals surface area contributed by atoms with Gasteiger partial charge in [-0.1, -0.05) is 46.3 Å². The number of carbonyl (C=O) groups is 2. The number of hydrazone groups is 1. The monoisotopic (exact) mass is 421 g/mol. The predicted molar refractivity (Wildman–Crippen MR) is 110 cm³/mol. The molecule has 134 valence electrons. The molecule has 0 heterocycles. The van der Waals surface area contributed by atoms with E-state index in [0.29, 0.717) is 16.8 Å². The molecule has 0 aromatic heterocycles. The number of rotatable bonds is 5. The van der Waals surface area contributed by atoms with Crippen LogP contribution in [0, 0.1) is 0 Å². The summed E-state index contributed by atoms with van der Waals surface area (Å²) < 4.78 is 0.907. The largest absolute Gasteiger partial charge is 0.322 e. The minimum absolute atomic E-state index is 0.216. The van der Waals surface area contributed by atoms with Crippen LogP contribution in [0.15, 0.2) is 88.4 Å². The highest BCUT2D eigenvalue weighted by Crippen LogP contribution is 2.14. The van der Waals surface area contributed by atoms with Gasteiger partial charge < -0.3 is 5.32 Å². The average molecular weight is 422 g/mol. The fourth-order valence-electron chi connectivity index (χ4n) is 2.28. The van der Waals surface area contributed by atoms with Crippen LogP contribution in [-0.2, 0) is 0 Å². The third kappa shape index (κ3) is 5.36. The zero-order valence-electron chi connectivity index (χ0n) is 14.2. The van der Waals surface area contributed by atoms with Crippen LogP contribution >= 0.6 is 15.9 Å². The van der Waals surface area contributed by atoms with E-state index in [0.717, 1.165) is 10.0 Å². The molecule has 2 amide bonds. The molecular weight excluding hydrogens is 406 g/mol. The van der Waals surface area contributed by atoms with Crippen LogP contribution in [0.4, 0.5) is 5.69 Å². The van der Waals surface area contributed by atoms with E-state index in [4.69, 9.17) is 0 Å². The second kappa shape index (κ2) is 8.91. The van der Waals surface area contributed by atoms with Gasteiger partial charge in [-0.25, -0.2) is 5.43 Å². The van der Waals surface area contributed by atoms with Crippen molar-refractivity contribution >= 4 is 39.6 Å². The summed E-state index contributed by atoms with van der Waals surface area (Å²) in [5, 5.41) is 6.73. The van der Waals surface area contributed by atoms with Gasteiger partial charge in [0.2, 0.25) is 0 Å². The lowest BCUT2D eigenvalue weighted by atomic mass is 10.1. The fraction of sp³-hybridized carbons (Fsp3) is 0. The highest BCUT2D eigenvalue weighted by atomic mass is 79.9. The molecule has 0 aliphatic rings. The topological polar surface area (TPSA) is 70.6 Å². The SMILES string of the molecule is O=C(NN=Cc1ccccc1)c1ccc(NC(=O)c2ccc(Br)cc2)cc1. The van der Waals surface area contributed by atoms with E-state index in [9.17, 15) is 9.59 Å². The molecule has 0 aliphatic carbocycles. The van der Waals surface area contributed by atoms with Gasteiger partial charge >= 0.3 is 0 Å². The second-order valence-electron chi connectivity index (χ2n) is 5.65. The highest BCUT2D eigenvalue weighted by Gasteiger charge is 2.08. The Balaban J connectivity index is 1.57. The number of benzene rings is 3. The third-order valence-electron chi connectivity index (χ3n) is 3.69. The average Bonchev–Trinajstić information content (AvgIpc) is 2.70. The van der Waals surface area contributed by atoms with Crippen molar-refractivity contribution in [1.29, 1.82) is 0 Å². The molecule has 0 spiro atoms. The van der Waals surface area contributed by atoms with Crippen LogP contribution in [0.25, 0.3) is 0 Å². The molecule has 0 unspecified atom stereocenters. The number of halogens is 1. The first kappa shape index (κ1) is 18.5. The molecule has 0 fully saturated rings. The van der Waals surface area contributed by atoms with Gasteiger partial charge in [0.05, 0.1) is 6.21 Å². The van der Waals surface area contributed by atoms with Crippen LogP contribution < -0.4 is 10.7 Å². The maximum atomic E-state index is 12.2. The summed E-state index contributed by atoms with van der Waals surface area (Å²) in [4.78, 5) is 24.3. The zero-order valence-corrected chi connectivity index (χ0v) is 15.8. The molecule has 0 bridgehead atoms. The highest BCUT2D eigenvalue weighted by molar-refractivity contribution is 9.10. The number of hydrogen-bond donors (Lipinski definition) is 2. The normalized spacial score (nSPS) is 10.6. The molecule has 0 saturated heterocycles. The Morgan fingerprint density at radius 2 is 1.37 bits per heavy atom. The van der Waals surface area contributed by atoms with E-state index < -0.39 is 0 Å². The number of nitrogens with one attached hydrogen (secondary N) is 2. The summed E-state index contributed by atoms with van der Waals surface area (Å²) in [6.45, 7) is 0. The number of nitrogens with zero attached hydrogens (tertiary/aromatic N) is 1. The van der Waals surface area contributed by atoms with Crippen molar-refractivity contribution in [2.75, 3.05) is 5.32 Å². The number of carbonyl (C=O) groups excluding carboxylic acids is 2. The molecule has 3 aromatic rings. The number of hydrogen-bond acceptors (Lipinski definition) is 3. The van der Waals surface area contributed by atoms with Crippen molar-refractivity contribution in [2.45, 2.75) is 0 Å². The van der Waals surface area contributed by atoms with Crippen LogP contribution in [0.2, 0.25) is 0 Å². The molecule has 0 aliphatic heterocycles. The lowest BCUT2D eigenvalue weighted by Crippen LogP contribution is -2.17. The Hall–Kier alpha value is -3.25. The molecule has 0 radical (unpaired) electrons. The van der Waals surface area contributed by atoms with Gasteiger partial charge in [-0.15, -0.1) is 0 Å². The maximum absolute atomic E-state index is 12.2. The van der Waals surface area contributed by atoms with E-state index in [-0.39, 0.29) is 11.8 Å². The summed E-state index contributed by atoms with van der Waals surface area (Å²) in [6.07, 6.45) is 1.57. The zero-order chi connectivity index (χ0) is 19.1. The standard InChI is InChI=1S/C21H16BrN3O2/c22-18-10-6-16(7-11-18)20(26)24-19-12-8-17(9-13-19)21(27)25-23-14-15-4-2-1-3-5-15/h1-14H,(H,24,26)(H,25,27). The summed E-state index contributed by atoms with van der Waals surface area (Å²) in [6, 6.07) is 23.1. The first-order valence-electron chi connectivity index (χ1n) is 8.17. The molecule has 3 aromatic carbocycles. The van der Waals surface area contributed by atoms with Crippen molar-refractivity contribution in [1.82, 2.24) is 5.43 Å². The van der Waals surface area contributed by atoms with Crippen molar-refractivity contribution in [3.63, 3.8) is 0 Å². The van der Waals surface area contributed by atoms with Gasteiger partial charge in [0.15, 0.2) is 0 Å². The molecule has 0 atom stereocenters. The van der Waals surface area contributed by atoms with Crippen molar-refractivity contribution in [2.24, 2.45) is 5.10 Å². The summed E-state index contributed by atoms with van der Waals surface area (Å²) in [7, 11) is 0. The molecule has 0 saturated carbocycles. The van der Waals surface area contributed by atoms with E-state index in [1.165, 1.54) is 0 Å². The molecular formula is C21H16BrN3O2. The lowest BCUT2D eigenvalue weighted by molar-refractivity contribution is 0.0954. The van der Waals surface area contributed by atoms with Gasteiger partial charge in [-0.3, -0.25) is 9.59 Å². The van der Waals surface area contributed by atoms with Gasteiger partial charge in [0, 0.05) is 21.3 Å². The Morgan fingerprint density at radius 3 is 2.04 bits per heavy atom. The maximum Gasteiger partial charge on any atom is 0.271 e. The quantitative estimate of drug-likeness (QED) is 0.471. The smallest absolute Gasteiger partial charge is 0.271 e. The Labute approximate surface area is 165 Å². The van der Waals surface area contributed by atoms with Crippen LogP contribution in [0.3, 0.4) is 0 Å². The second-order valence-corrected chi connectivity index (χ2v) is 6.56. The van der Waals surface area contributed by atoms with Crippen LogP contribution in [0.5, 0.6) is 0 Å². The van der Waals surface area contributed by atoms with Gasteiger partial charge in [0.25, 0.3) is 11.8 Å². The Kier molecular flexibility index (Phi) is 6.12. The van der Waals surface area contributed by atoms with Crippen LogP contribution in [-0.4, -0.2) is 18.0 Å². The number of anilines is 1. The lowest BCUT2D eigenvalue weighted by Gasteiger charge is -2.06. The Bertz CT molecular complexity index is 953. The van der Waals surface area contributed by atoms with Gasteiger partial charge in [-0.05, 0) is 54.1 Å². The molecule has 27 heavy (non-hydrogen) atoms. The third-order valence-corrected chi connectivity index (χ3v) is 4.22. The van der Waals surface area contributed by atoms with Crippen LogP contribution in [0.1, 0.15) is 26.3 Å². The molecule has 6 heteroatoms. The summed E-state index contributed by atoms with van der Waals surface area (Å²) in [5.41, 5.74) is 4.97. The molecule has 3 rings (SSSR count).